The molecule has 0 fully saturated rings. The van der Waals surface area contributed by atoms with Crippen molar-refractivity contribution < 1.29 is 9.53 Å². The van der Waals surface area contributed by atoms with Gasteiger partial charge in [-0.25, -0.2) is 0 Å². The first-order chi connectivity index (χ1) is 10.1. The maximum absolute atomic E-state index is 12.0. The molecule has 0 aliphatic rings. The number of carbonyl (C=O) groups excluding carboxylic acids is 1. The zero-order valence-corrected chi connectivity index (χ0v) is 12.6. The Hall–Kier alpha value is -2.36. The number of hydrogen-bond acceptors (Lipinski definition) is 3. The number of benzene rings is 1. The summed E-state index contributed by atoms with van der Waals surface area (Å²) in [5, 5.41) is 2.82. The second kappa shape index (κ2) is 6.88. The van der Waals surface area contributed by atoms with E-state index in [4.69, 9.17) is 4.74 Å². The first-order valence-corrected chi connectivity index (χ1v) is 6.98. The van der Waals surface area contributed by atoms with Crippen LogP contribution in [0.2, 0.25) is 0 Å². The molecule has 0 saturated heterocycles. The molecule has 21 heavy (non-hydrogen) atoms. The molecule has 1 amide bonds. The lowest BCUT2D eigenvalue weighted by molar-refractivity contribution is -0.127. The van der Waals surface area contributed by atoms with Crippen LogP contribution in [0.1, 0.15) is 23.7 Å². The average molecular weight is 284 g/mol. The number of carbonyl (C=O) groups is 1. The van der Waals surface area contributed by atoms with Gasteiger partial charge in [-0.1, -0.05) is 12.1 Å². The molecule has 0 bridgehead atoms. The summed E-state index contributed by atoms with van der Waals surface area (Å²) in [5.74, 6) is 0.553. The van der Waals surface area contributed by atoms with Gasteiger partial charge >= 0.3 is 0 Å². The number of rotatable bonds is 5. The first-order valence-electron chi connectivity index (χ1n) is 6.98. The van der Waals surface area contributed by atoms with Gasteiger partial charge in [0.1, 0.15) is 5.75 Å². The van der Waals surface area contributed by atoms with E-state index in [1.54, 1.807) is 13.1 Å². The predicted octanol–water partition coefficient (Wildman–Crippen LogP) is 2.78. The summed E-state index contributed by atoms with van der Waals surface area (Å²) in [6.07, 6.45) is 1.16. The van der Waals surface area contributed by atoms with Gasteiger partial charge in [-0.15, -0.1) is 0 Å². The largest absolute Gasteiger partial charge is 0.481 e. The van der Waals surface area contributed by atoms with Crippen LogP contribution in [-0.4, -0.2) is 17.0 Å². The van der Waals surface area contributed by atoms with Crippen molar-refractivity contribution in [3.05, 3.63) is 59.4 Å². The third-order valence-corrected chi connectivity index (χ3v) is 3.33. The van der Waals surface area contributed by atoms with Gasteiger partial charge in [0.15, 0.2) is 6.10 Å². The monoisotopic (exact) mass is 284 g/mol. The molecular weight excluding hydrogens is 264 g/mol. The van der Waals surface area contributed by atoms with E-state index in [-0.39, 0.29) is 5.91 Å². The van der Waals surface area contributed by atoms with Crippen molar-refractivity contribution in [1.29, 1.82) is 0 Å². The molecular formula is C17H20N2O2. The number of hydrogen-bond donors (Lipinski definition) is 1. The molecule has 1 atom stereocenters. The molecule has 0 aliphatic carbocycles. The molecule has 2 aromatic rings. The number of ether oxygens (including phenoxy) is 1. The van der Waals surface area contributed by atoms with Gasteiger partial charge in [0.25, 0.3) is 5.91 Å². The zero-order valence-electron chi connectivity index (χ0n) is 12.6. The zero-order chi connectivity index (χ0) is 15.2. The topological polar surface area (TPSA) is 51.2 Å². The Bertz CT molecular complexity index is 611. The first kappa shape index (κ1) is 15.0. The quantitative estimate of drug-likeness (QED) is 0.918. The van der Waals surface area contributed by atoms with E-state index in [9.17, 15) is 4.79 Å². The van der Waals surface area contributed by atoms with Gasteiger partial charge in [-0.3, -0.25) is 9.78 Å². The lowest BCUT2D eigenvalue weighted by Gasteiger charge is -2.15. The van der Waals surface area contributed by atoms with Gasteiger partial charge in [0.05, 0.1) is 12.2 Å². The Balaban J connectivity index is 1.88. The van der Waals surface area contributed by atoms with Crippen LogP contribution < -0.4 is 10.1 Å². The molecule has 1 N–H and O–H groups in total. The molecule has 0 unspecified atom stereocenters. The number of pyridine rings is 1. The summed E-state index contributed by atoms with van der Waals surface area (Å²) in [6, 6.07) is 11.4. The van der Waals surface area contributed by atoms with Crippen LogP contribution in [0.25, 0.3) is 0 Å². The van der Waals surface area contributed by atoms with Crippen LogP contribution >= 0.6 is 0 Å². The summed E-state index contributed by atoms with van der Waals surface area (Å²) in [5.41, 5.74) is 3.17. The van der Waals surface area contributed by atoms with E-state index in [0.29, 0.717) is 12.3 Å². The van der Waals surface area contributed by atoms with E-state index >= 15 is 0 Å². The lowest BCUT2D eigenvalue weighted by atomic mass is 10.1. The van der Waals surface area contributed by atoms with E-state index in [1.165, 1.54) is 5.56 Å². The molecule has 0 spiro atoms. The fraction of sp³-hybridized carbons (Fsp3) is 0.294. The normalized spacial score (nSPS) is 11.8. The van der Waals surface area contributed by atoms with Crippen LogP contribution in [0.4, 0.5) is 0 Å². The van der Waals surface area contributed by atoms with Gasteiger partial charge in [0.2, 0.25) is 0 Å². The third-order valence-electron chi connectivity index (χ3n) is 3.33. The van der Waals surface area contributed by atoms with Gasteiger partial charge in [0, 0.05) is 6.20 Å². The van der Waals surface area contributed by atoms with E-state index in [2.05, 4.69) is 10.3 Å². The summed E-state index contributed by atoms with van der Waals surface area (Å²) in [6.45, 7) is 6.21. The fourth-order valence-electron chi connectivity index (χ4n) is 1.87. The molecule has 1 aromatic carbocycles. The van der Waals surface area contributed by atoms with Crippen molar-refractivity contribution in [1.82, 2.24) is 10.3 Å². The number of aromatic nitrogens is 1. The highest BCUT2D eigenvalue weighted by Gasteiger charge is 2.14. The van der Waals surface area contributed by atoms with E-state index in [1.807, 2.05) is 50.2 Å². The molecule has 110 valence electrons. The maximum atomic E-state index is 12.0. The Morgan fingerprint density at radius 1 is 1.24 bits per heavy atom. The van der Waals surface area contributed by atoms with Crippen molar-refractivity contribution in [2.45, 2.75) is 33.4 Å². The second-order valence-corrected chi connectivity index (χ2v) is 5.05. The Morgan fingerprint density at radius 2 is 2.05 bits per heavy atom. The van der Waals surface area contributed by atoms with Crippen molar-refractivity contribution in [3.8, 4) is 5.75 Å². The Kier molecular flexibility index (Phi) is 4.93. The summed E-state index contributed by atoms with van der Waals surface area (Å²) in [7, 11) is 0. The Labute approximate surface area is 125 Å². The predicted molar refractivity (Wildman–Crippen MR) is 82.1 cm³/mol. The molecule has 2 rings (SSSR count). The molecule has 0 radical (unpaired) electrons. The summed E-state index contributed by atoms with van der Waals surface area (Å²) >= 11 is 0. The van der Waals surface area contributed by atoms with Gasteiger partial charge in [-0.2, -0.15) is 0 Å². The number of amides is 1. The average Bonchev–Trinajstić information content (AvgIpc) is 2.49. The van der Waals surface area contributed by atoms with Crippen LogP contribution in [0, 0.1) is 13.8 Å². The smallest absolute Gasteiger partial charge is 0.261 e. The fourth-order valence-corrected chi connectivity index (χ4v) is 1.87. The van der Waals surface area contributed by atoms with Gasteiger partial charge < -0.3 is 10.1 Å². The van der Waals surface area contributed by atoms with Crippen molar-refractivity contribution in [2.75, 3.05) is 0 Å². The van der Waals surface area contributed by atoms with Crippen LogP contribution in [0.3, 0.4) is 0 Å². The van der Waals surface area contributed by atoms with Crippen LogP contribution in [-0.2, 0) is 11.3 Å². The highest BCUT2D eigenvalue weighted by molar-refractivity contribution is 5.80. The summed E-state index contributed by atoms with van der Waals surface area (Å²) in [4.78, 5) is 16.2. The third kappa shape index (κ3) is 4.31. The van der Waals surface area contributed by atoms with Gasteiger partial charge in [-0.05, 0) is 56.2 Å². The van der Waals surface area contributed by atoms with E-state index < -0.39 is 6.10 Å². The molecule has 0 aliphatic heterocycles. The molecule has 4 nitrogen and oxygen atoms in total. The maximum Gasteiger partial charge on any atom is 0.261 e. The minimum absolute atomic E-state index is 0.154. The van der Waals surface area contributed by atoms with E-state index in [0.717, 1.165) is 11.3 Å². The number of nitrogens with one attached hydrogen (secondary N) is 1. The van der Waals surface area contributed by atoms with Crippen molar-refractivity contribution in [2.24, 2.45) is 0 Å². The molecule has 1 heterocycles. The highest BCUT2D eigenvalue weighted by atomic mass is 16.5. The summed E-state index contributed by atoms with van der Waals surface area (Å²) < 4.78 is 5.67. The molecule has 0 saturated carbocycles. The number of nitrogens with zero attached hydrogens (tertiary/aromatic N) is 1. The second-order valence-electron chi connectivity index (χ2n) is 5.05. The standard InChI is InChI=1S/C17H20N2O2/c1-12-7-8-16(10-13(12)2)21-14(3)17(20)19-11-15-6-4-5-9-18-15/h4-10,14H,11H2,1-3H3,(H,19,20)/t14-/m1/s1. The highest BCUT2D eigenvalue weighted by Crippen LogP contribution is 2.17. The Morgan fingerprint density at radius 3 is 2.71 bits per heavy atom. The lowest BCUT2D eigenvalue weighted by Crippen LogP contribution is -2.36. The SMILES string of the molecule is Cc1ccc(O[C@H](C)C(=O)NCc2ccccn2)cc1C. The van der Waals surface area contributed by atoms with Crippen molar-refractivity contribution in [3.63, 3.8) is 0 Å². The minimum Gasteiger partial charge on any atom is -0.481 e. The van der Waals surface area contributed by atoms with Crippen LogP contribution in [0.5, 0.6) is 5.75 Å². The minimum atomic E-state index is -0.546. The van der Waals surface area contributed by atoms with Crippen molar-refractivity contribution >= 4 is 5.91 Å². The molecule has 4 heteroatoms. The number of aryl methyl sites for hydroxylation is 2. The van der Waals surface area contributed by atoms with Crippen LogP contribution in [0.15, 0.2) is 42.6 Å². The molecule has 1 aromatic heterocycles.